The highest BCUT2D eigenvalue weighted by Crippen LogP contribution is 2.18. The van der Waals surface area contributed by atoms with Gasteiger partial charge in [-0.25, -0.2) is 4.39 Å². The first-order valence-electron chi connectivity index (χ1n) is 4.99. The van der Waals surface area contributed by atoms with Gasteiger partial charge in [0.05, 0.1) is 5.69 Å². The molecule has 0 aromatic heterocycles. The summed E-state index contributed by atoms with van der Waals surface area (Å²) in [5, 5.41) is 3.14. The maximum atomic E-state index is 13.3. The molecule has 3 heteroatoms. The lowest BCUT2D eigenvalue weighted by molar-refractivity contribution is 0.616. The second-order valence-electron chi connectivity index (χ2n) is 3.40. The van der Waals surface area contributed by atoms with Crippen LogP contribution in [0, 0.1) is 5.82 Å². The molecule has 0 aliphatic rings. The molecule has 0 spiro atoms. The first kappa shape index (κ1) is 10.8. The van der Waals surface area contributed by atoms with Gasteiger partial charge in [0, 0.05) is 11.7 Å². The lowest BCUT2D eigenvalue weighted by Crippen LogP contribution is -2.17. The predicted octanol–water partition coefficient (Wildman–Crippen LogP) is 3.01. The second-order valence-corrected chi connectivity index (χ2v) is 3.40. The summed E-state index contributed by atoms with van der Waals surface area (Å²) in [6, 6.07) is 5.05. The molecule has 2 nitrogen and oxygen atoms in total. The third-order valence-corrected chi connectivity index (χ3v) is 2.34. The van der Waals surface area contributed by atoms with Crippen LogP contribution in [0.5, 0.6) is 0 Å². The van der Waals surface area contributed by atoms with Crippen LogP contribution in [-0.4, -0.2) is 6.04 Å². The van der Waals surface area contributed by atoms with E-state index in [4.69, 9.17) is 5.73 Å². The molecular formula is C11H17FN2. The number of nitrogen functional groups attached to an aromatic ring is 1. The van der Waals surface area contributed by atoms with Crippen LogP contribution in [0.15, 0.2) is 18.2 Å². The zero-order valence-corrected chi connectivity index (χ0v) is 8.68. The molecular weight excluding hydrogens is 179 g/mol. The molecule has 0 saturated carbocycles. The monoisotopic (exact) mass is 196 g/mol. The Balaban J connectivity index is 2.76. The van der Waals surface area contributed by atoms with Crippen LogP contribution < -0.4 is 11.1 Å². The molecule has 0 atom stereocenters. The minimum Gasteiger partial charge on any atom is -0.399 e. The van der Waals surface area contributed by atoms with Gasteiger partial charge in [0.2, 0.25) is 0 Å². The molecule has 14 heavy (non-hydrogen) atoms. The Labute approximate surface area is 84.3 Å². The zero-order chi connectivity index (χ0) is 10.6. The van der Waals surface area contributed by atoms with E-state index in [0.717, 1.165) is 12.8 Å². The van der Waals surface area contributed by atoms with Gasteiger partial charge in [-0.2, -0.15) is 0 Å². The van der Waals surface area contributed by atoms with E-state index in [1.54, 1.807) is 12.1 Å². The Morgan fingerprint density at radius 2 is 2.00 bits per heavy atom. The first-order valence-corrected chi connectivity index (χ1v) is 4.99. The maximum absolute atomic E-state index is 13.3. The second kappa shape index (κ2) is 4.84. The van der Waals surface area contributed by atoms with E-state index in [0.29, 0.717) is 17.4 Å². The van der Waals surface area contributed by atoms with E-state index < -0.39 is 0 Å². The van der Waals surface area contributed by atoms with Gasteiger partial charge in [0.1, 0.15) is 5.82 Å². The molecule has 0 amide bonds. The number of nitrogens with one attached hydrogen (secondary N) is 1. The molecule has 0 radical (unpaired) electrons. The fourth-order valence-corrected chi connectivity index (χ4v) is 1.36. The van der Waals surface area contributed by atoms with Gasteiger partial charge >= 0.3 is 0 Å². The van der Waals surface area contributed by atoms with E-state index in [9.17, 15) is 4.39 Å². The number of halogens is 1. The Bertz CT molecular complexity index is 295. The number of hydrogen-bond donors (Lipinski definition) is 2. The molecule has 0 fully saturated rings. The van der Waals surface area contributed by atoms with Gasteiger partial charge in [-0.1, -0.05) is 13.8 Å². The van der Waals surface area contributed by atoms with E-state index in [2.05, 4.69) is 19.2 Å². The lowest BCUT2D eigenvalue weighted by atomic mass is 10.1. The highest BCUT2D eigenvalue weighted by molar-refractivity contribution is 5.53. The number of hydrogen-bond acceptors (Lipinski definition) is 2. The van der Waals surface area contributed by atoms with Crippen LogP contribution >= 0.6 is 0 Å². The smallest absolute Gasteiger partial charge is 0.148 e. The van der Waals surface area contributed by atoms with E-state index >= 15 is 0 Å². The topological polar surface area (TPSA) is 38.0 Å². The molecule has 1 rings (SSSR count). The molecule has 1 aromatic carbocycles. The van der Waals surface area contributed by atoms with Crippen molar-refractivity contribution in [2.75, 3.05) is 11.1 Å². The van der Waals surface area contributed by atoms with Gasteiger partial charge in [-0.15, -0.1) is 0 Å². The third-order valence-electron chi connectivity index (χ3n) is 2.34. The Morgan fingerprint density at radius 3 is 2.50 bits per heavy atom. The van der Waals surface area contributed by atoms with Crippen LogP contribution in [-0.2, 0) is 0 Å². The van der Waals surface area contributed by atoms with Gasteiger partial charge in [0.15, 0.2) is 0 Å². The molecule has 0 aliphatic carbocycles. The molecule has 0 heterocycles. The standard InChI is InChI=1S/C11H17FN2/c1-3-9(4-2)14-11-6-5-8(13)7-10(11)12/h5-7,9,14H,3-4,13H2,1-2H3. The van der Waals surface area contributed by atoms with Crippen molar-refractivity contribution in [3.8, 4) is 0 Å². The summed E-state index contributed by atoms with van der Waals surface area (Å²) in [4.78, 5) is 0. The van der Waals surface area contributed by atoms with Crippen molar-refractivity contribution in [3.63, 3.8) is 0 Å². The normalized spacial score (nSPS) is 10.6. The predicted molar refractivity (Wildman–Crippen MR) is 58.8 cm³/mol. The highest BCUT2D eigenvalue weighted by Gasteiger charge is 2.06. The van der Waals surface area contributed by atoms with Crippen molar-refractivity contribution in [3.05, 3.63) is 24.0 Å². The van der Waals surface area contributed by atoms with Crippen LogP contribution in [0.2, 0.25) is 0 Å². The number of anilines is 2. The van der Waals surface area contributed by atoms with Crippen LogP contribution in [0.1, 0.15) is 26.7 Å². The Hall–Kier alpha value is -1.25. The van der Waals surface area contributed by atoms with Crippen LogP contribution in [0.4, 0.5) is 15.8 Å². The largest absolute Gasteiger partial charge is 0.399 e. The summed E-state index contributed by atoms with van der Waals surface area (Å²) in [5.74, 6) is -0.281. The summed E-state index contributed by atoms with van der Waals surface area (Å²) in [5.41, 5.74) is 6.45. The average Bonchev–Trinajstić information content (AvgIpc) is 2.17. The number of benzene rings is 1. The minimum absolute atomic E-state index is 0.281. The molecule has 0 saturated heterocycles. The lowest BCUT2D eigenvalue weighted by Gasteiger charge is -2.16. The molecule has 3 N–H and O–H groups in total. The van der Waals surface area contributed by atoms with Gasteiger partial charge in [-0.3, -0.25) is 0 Å². The maximum Gasteiger partial charge on any atom is 0.148 e. The summed E-state index contributed by atoms with van der Waals surface area (Å²) in [7, 11) is 0. The van der Waals surface area contributed by atoms with Gasteiger partial charge in [-0.05, 0) is 31.0 Å². The van der Waals surface area contributed by atoms with Gasteiger partial charge < -0.3 is 11.1 Å². The first-order chi connectivity index (χ1) is 6.67. The summed E-state index contributed by atoms with van der Waals surface area (Å²) >= 11 is 0. The van der Waals surface area contributed by atoms with E-state index in [-0.39, 0.29) is 5.82 Å². The van der Waals surface area contributed by atoms with Gasteiger partial charge in [0.25, 0.3) is 0 Å². The van der Waals surface area contributed by atoms with E-state index in [1.807, 2.05) is 0 Å². The Morgan fingerprint density at radius 1 is 1.36 bits per heavy atom. The van der Waals surface area contributed by atoms with Crippen molar-refractivity contribution in [2.24, 2.45) is 0 Å². The SMILES string of the molecule is CCC(CC)Nc1ccc(N)cc1F. The average molecular weight is 196 g/mol. The summed E-state index contributed by atoms with van der Waals surface area (Å²) in [6.45, 7) is 4.16. The Kier molecular flexibility index (Phi) is 3.74. The zero-order valence-electron chi connectivity index (χ0n) is 8.68. The van der Waals surface area contributed by atoms with Crippen molar-refractivity contribution in [2.45, 2.75) is 32.7 Å². The molecule has 0 aliphatic heterocycles. The fraction of sp³-hybridized carbons (Fsp3) is 0.455. The highest BCUT2D eigenvalue weighted by atomic mass is 19.1. The van der Waals surface area contributed by atoms with Crippen molar-refractivity contribution >= 4 is 11.4 Å². The minimum atomic E-state index is -0.281. The molecule has 0 unspecified atom stereocenters. The fourth-order valence-electron chi connectivity index (χ4n) is 1.36. The van der Waals surface area contributed by atoms with Crippen molar-refractivity contribution < 1.29 is 4.39 Å². The number of nitrogens with two attached hydrogens (primary N) is 1. The van der Waals surface area contributed by atoms with Crippen LogP contribution in [0.25, 0.3) is 0 Å². The summed E-state index contributed by atoms with van der Waals surface area (Å²) < 4.78 is 13.3. The quantitative estimate of drug-likeness (QED) is 0.726. The van der Waals surface area contributed by atoms with E-state index in [1.165, 1.54) is 6.07 Å². The van der Waals surface area contributed by atoms with Crippen LogP contribution in [0.3, 0.4) is 0 Å². The van der Waals surface area contributed by atoms with Crippen molar-refractivity contribution in [1.29, 1.82) is 0 Å². The summed E-state index contributed by atoms with van der Waals surface area (Å²) in [6.07, 6.45) is 1.97. The number of rotatable bonds is 4. The molecule has 0 bridgehead atoms. The molecule has 1 aromatic rings. The third kappa shape index (κ3) is 2.62. The van der Waals surface area contributed by atoms with Crippen molar-refractivity contribution in [1.82, 2.24) is 0 Å². The molecule has 78 valence electrons.